The van der Waals surface area contributed by atoms with Gasteiger partial charge in [0, 0.05) is 11.6 Å². The van der Waals surface area contributed by atoms with Crippen LogP contribution in [0.3, 0.4) is 0 Å². The molecule has 0 amide bonds. The molecule has 1 N–H and O–H groups in total. The quantitative estimate of drug-likeness (QED) is 0.479. The van der Waals surface area contributed by atoms with Gasteiger partial charge in [0.2, 0.25) is 0 Å². The van der Waals surface area contributed by atoms with Gasteiger partial charge in [0.05, 0.1) is 0 Å². The smallest absolute Gasteiger partial charge is 0.0323 e. The van der Waals surface area contributed by atoms with Crippen LogP contribution in [0.15, 0.2) is 12.3 Å². The van der Waals surface area contributed by atoms with E-state index in [9.17, 15) is 0 Å². The molecule has 0 spiro atoms. The van der Waals surface area contributed by atoms with Gasteiger partial charge in [-0.1, -0.05) is 9.24 Å². The van der Waals surface area contributed by atoms with Crippen LogP contribution < -0.4 is 5.44 Å². The normalized spacial score (nSPS) is 9.43. The third-order valence-corrected chi connectivity index (χ3v) is 1.18. The molecule has 7 heavy (non-hydrogen) atoms. The second-order valence-corrected chi connectivity index (χ2v) is 2.25. The van der Waals surface area contributed by atoms with Crippen molar-refractivity contribution in [3.63, 3.8) is 0 Å². The molecule has 0 aliphatic rings. The predicted molar refractivity (Wildman–Crippen MR) is 34.9 cm³/mol. The zero-order valence-corrected chi connectivity index (χ0v) is 5.39. The fraction of sp³-hybridized carbons (Fsp3) is 0.200. The topological polar surface area (TPSA) is 15.8 Å². The second kappa shape index (κ2) is 1.67. The third kappa shape index (κ3) is 1.04. The highest BCUT2D eigenvalue weighted by Crippen LogP contribution is 1.92. The summed E-state index contributed by atoms with van der Waals surface area (Å²) in [5.41, 5.74) is 2.43. The Kier molecular flexibility index (Phi) is 1.16. The molecule has 1 atom stereocenters. The molecule has 0 aromatic carbocycles. The molecular formula is C5H8NP. The summed E-state index contributed by atoms with van der Waals surface area (Å²) < 4.78 is 0. The molecular weight excluding hydrogens is 105 g/mol. The van der Waals surface area contributed by atoms with Gasteiger partial charge in [-0.25, -0.2) is 0 Å². The highest BCUT2D eigenvalue weighted by atomic mass is 31.0. The van der Waals surface area contributed by atoms with E-state index in [2.05, 4.69) is 27.2 Å². The van der Waals surface area contributed by atoms with Crippen molar-refractivity contribution in [2.75, 3.05) is 0 Å². The Balaban J connectivity index is 3.04. The molecule has 0 saturated heterocycles. The zero-order chi connectivity index (χ0) is 5.28. The minimum Gasteiger partial charge on any atom is -0.362 e. The molecule has 1 aromatic rings. The lowest BCUT2D eigenvalue weighted by Crippen LogP contribution is -1.83. The number of aromatic amines is 1. The number of nitrogens with one attached hydrogen (secondary N) is 1. The number of hydrogen-bond acceptors (Lipinski definition) is 0. The van der Waals surface area contributed by atoms with Gasteiger partial charge in [-0.05, 0) is 18.6 Å². The number of hydrogen-bond donors (Lipinski definition) is 1. The van der Waals surface area contributed by atoms with Gasteiger partial charge in [-0.2, -0.15) is 0 Å². The molecule has 0 radical (unpaired) electrons. The van der Waals surface area contributed by atoms with Crippen molar-refractivity contribution < 1.29 is 0 Å². The Bertz CT molecular complexity index is 140. The summed E-state index contributed by atoms with van der Waals surface area (Å²) in [7, 11) is 2.59. The molecule has 1 unspecified atom stereocenters. The lowest BCUT2D eigenvalue weighted by atomic mass is 10.4. The molecule has 1 aromatic heterocycles. The van der Waals surface area contributed by atoms with Gasteiger partial charge in [0.25, 0.3) is 0 Å². The lowest BCUT2D eigenvalue weighted by Gasteiger charge is -1.71. The molecule has 0 fully saturated rings. The van der Waals surface area contributed by atoms with E-state index in [0.29, 0.717) is 0 Å². The fourth-order valence-electron chi connectivity index (χ4n) is 0.526. The molecule has 38 valence electrons. The van der Waals surface area contributed by atoms with Gasteiger partial charge in [-0.3, -0.25) is 0 Å². The number of H-pyrrole nitrogens is 1. The first-order chi connectivity index (χ1) is 3.29. The number of rotatable bonds is 0. The molecule has 2 heteroatoms. The van der Waals surface area contributed by atoms with Crippen LogP contribution in [0.2, 0.25) is 0 Å². The van der Waals surface area contributed by atoms with Crippen LogP contribution in [-0.2, 0) is 0 Å². The summed E-state index contributed by atoms with van der Waals surface area (Å²) in [5, 5.41) is 0. The van der Waals surface area contributed by atoms with Crippen molar-refractivity contribution in [3.05, 3.63) is 17.8 Å². The highest BCUT2D eigenvalue weighted by molar-refractivity contribution is 7.26. The fourth-order valence-corrected chi connectivity index (χ4v) is 0.872. The first kappa shape index (κ1) is 4.86. The first-order valence-electron chi connectivity index (χ1n) is 2.19. The molecule has 0 aliphatic heterocycles. The molecule has 0 aliphatic carbocycles. The largest absolute Gasteiger partial charge is 0.362 e. The zero-order valence-electron chi connectivity index (χ0n) is 4.23. The maximum absolute atomic E-state index is 3.03. The Morgan fingerprint density at radius 3 is 2.57 bits per heavy atom. The third-order valence-electron chi connectivity index (χ3n) is 0.850. The van der Waals surface area contributed by atoms with E-state index in [4.69, 9.17) is 0 Å². The lowest BCUT2D eigenvalue weighted by molar-refractivity contribution is 1.42. The summed E-state index contributed by atoms with van der Waals surface area (Å²) in [6.07, 6.45) is 1.97. The van der Waals surface area contributed by atoms with Gasteiger partial charge in [-0.15, -0.1) is 0 Å². The molecule has 0 saturated carbocycles. The van der Waals surface area contributed by atoms with Gasteiger partial charge in [0.15, 0.2) is 0 Å². The molecule has 0 bridgehead atoms. The second-order valence-electron chi connectivity index (χ2n) is 1.63. The Hall–Kier alpha value is -0.290. The van der Waals surface area contributed by atoms with Crippen LogP contribution in [0.25, 0.3) is 0 Å². The van der Waals surface area contributed by atoms with Crippen molar-refractivity contribution in [1.29, 1.82) is 0 Å². The van der Waals surface area contributed by atoms with E-state index in [1.807, 2.05) is 6.20 Å². The SMILES string of the molecule is Cc1c[nH]c(P)c1. The molecule has 1 heterocycles. The van der Waals surface area contributed by atoms with Crippen molar-refractivity contribution in [1.82, 2.24) is 4.98 Å². The van der Waals surface area contributed by atoms with E-state index in [1.54, 1.807) is 0 Å². The summed E-state index contributed by atoms with van der Waals surface area (Å²) in [6, 6.07) is 2.07. The van der Waals surface area contributed by atoms with Crippen molar-refractivity contribution in [2.45, 2.75) is 6.92 Å². The Morgan fingerprint density at radius 2 is 2.43 bits per heavy atom. The van der Waals surface area contributed by atoms with Crippen LogP contribution in [0.5, 0.6) is 0 Å². The predicted octanol–water partition coefficient (Wildman–Crippen LogP) is 0.824. The maximum atomic E-state index is 3.03. The standard InChI is InChI=1S/C5H8NP/c1-4-2-5(7)6-3-4/h2-3,6H,7H2,1H3. The summed E-state index contributed by atoms with van der Waals surface area (Å²) in [6.45, 7) is 2.06. The van der Waals surface area contributed by atoms with Gasteiger partial charge in [0.1, 0.15) is 0 Å². The van der Waals surface area contributed by atoms with E-state index in [-0.39, 0.29) is 0 Å². The summed E-state index contributed by atoms with van der Waals surface area (Å²) in [5.74, 6) is 0. The van der Waals surface area contributed by atoms with Crippen LogP contribution >= 0.6 is 9.24 Å². The Morgan fingerprint density at radius 1 is 1.71 bits per heavy atom. The van der Waals surface area contributed by atoms with Crippen LogP contribution in [0, 0.1) is 6.92 Å². The van der Waals surface area contributed by atoms with Gasteiger partial charge < -0.3 is 4.98 Å². The molecule has 1 nitrogen and oxygen atoms in total. The van der Waals surface area contributed by atoms with Crippen molar-refractivity contribution in [2.24, 2.45) is 0 Å². The van der Waals surface area contributed by atoms with Crippen molar-refractivity contribution in [3.8, 4) is 0 Å². The minimum absolute atomic E-state index is 1.15. The average Bonchev–Trinajstić information content (AvgIpc) is 1.87. The van der Waals surface area contributed by atoms with Gasteiger partial charge >= 0.3 is 0 Å². The van der Waals surface area contributed by atoms with E-state index in [0.717, 1.165) is 5.44 Å². The highest BCUT2D eigenvalue weighted by Gasteiger charge is 1.82. The Labute approximate surface area is 45.3 Å². The van der Waals surface area contributed by atoms with Crippen molar-refractivity contribution >= 4 is 14.7 Å². The molecule has 1 rings (SSSR count). The van der Waals surface area contributed by atoms with E-state index in [1.165, 1.54) is 5.56 Å². The maximum Gasteiger partial charge on any atom is 0.0323 e. The van der Waals surface area contributed by atoms with Crippen LogP contribution in [0.4, 0.5) is 0 Å². The van der Waals surface area contributed by atoms with E-state index < -0.39 is 0 Å². The first-order valence-corrected chi connectivity index (χ1v) is 2.77. The van der Waals surface area contributed by atoms with E-state index >= 15 is 0 Å². The average molecular weight is 113 g/mol. The van der Waals surface area contributed by atoms with Crippen LogP contribution in [-0.4, -0.2) is 4.98 Å². The summed E-state index contributed by atoms with van der Waals surface area (Å²) in [4.78, 5) is 3.03. The minimum atomic E-state index is 1.15. The van der Waals surface area contributed by atoms with Crippen LogP contribution in [0.1, 0.15) is 5.56 Å². The summed E-state index contributed by atoms with van der Waals surface area (Å²) >= 11 is 0. The number of aryl methyl sites for hydroxylation is 1. The number of aromatic nitrogens is 1. The monoisotopic (exact) mass is 113 g/mol.